The van der Waals surface area contributed by atoms with Crippen LogP contribution in [0.5, 0.6) is 0 Å². The molecule has 0 aromatic rings. The SMILES string of the molecule is CCCCC/C=C\C/C=C\CC(O)/C=C\C=C\CCCC(=O)OC[C@H](COP(=O)(O)OC[C@@H](O)CO)OC(=O)CCCCCCCCCCCC(C)C. The molecule has 4 atom stereocenters. The van der Waals surface area contributed by atoms with Crippen molar-refractivity contribution in [1.29, 1.82) is 0 Å². The first-order chi connectivity index (χ1) is 25.5. The quantitative estimate of drug-likeness (QED) is 0.0158. The topological polar surface area (TPSA) is 169 Å². The molecule has 11 nitrogen and oxygen atoms in total. The highest BCUT2D eigenvalue weighted by atomic mass is 31.2. The molecule has 0 heterocycles. The molecule has 0 aliphatic heterocycles. The Balaban J connectivity index is 4.53. The average Bonchev–Trinajstić information content (AvgIpc) is 3.12. The van der Waals surface area contributed by atoms with Gasteiger partial charge >= 0.3 is 19.8 Å². The molecule has 0 saturated heterocycles. The van der Waals surface area contributed by atoms with E-state index in [1.807, 2.05) is 24.3 Å². The second-order valence-electron chi connectivity index (χ2n) is 14.0. The van der Waals surface area contributed by atoms with Gasteiger partial charge < -0.3 is 29.7 Å². The maximum absolute atomic E-state index is 12.5. The Morgan fingerprint density at radius 1 is 0.698 bits per heavy atom. The summed E-state index contributed by atoms with van der Waals surface area (Å²) in [5, 5.41) is 28.4. The molecule has 0 radical (unpaired) electrons. The zero-order valence-electron chi connectivity index (χ0n) is 33.0. The number of hydrogen-bond acceptors (Lipinski definition) is 10. The molecule has 0 aliphatic rings. The fraction of sp³-hybridized carbons (Fsp3) is 0.756. The Bertz CT molecular complexity index is 1060. The Kier molecular flexibility index (Phi) is 34.2. The number of ether oxygens (including phenoxy) is 2. The molecule has 0 fully saturated rings. The minimum absolute atomic E-state index is 0.106. The number of allylic oxidation sites excluding steroid dienone is 6. The molecule has 0 spiro atoms. The van der Waals surface area contributed by atoms with E-state index in [9.17, 15) is 29.3 Å². The number of aliphatic hydroxyl groups excluding tert-OH is 3. The largest absolute Gasteiger partial charge is 0.472 e. The van der Waals surface area contributed by atoms with Crippen LogP contribution in [0.4, 0.5) is 0 Å². The van der Waals surface area contributed by atoms with E-state index >= 15 is 0 Å². The summed E-state index contributed by atoms with van der Waals surface area (Å²) in [4.78, 5) is 34.8. The molecule has 4 N–H and O–H groups in total. The molecule has 0 rings (SSSR count). The molecule has 0 bridgehead atoms. The van der Waals surface area contributed by atoms with Crippen LogP contribution in [0.1, 0.15) is 149 Å². The predicted octanol–water partition coefficient (Wildman–Crippen LogP) is 8.99. The van der Waals surface area contributed by atoms with Crippen molar-refractivity contribution >= 4 is 19.8 Å². The smallest absolute Gasteiger partial charge is 0.462 e. The predicted molar refractivity (Wildman–Crippen MR) is 211 cm³/mol. The summed E-state index contributed by atoms with van der Waals surface area (Å²) < 4.78 is 32.5. The maximum Gasteiger partial charge on any atom is 0.472 e. The summed E-state index contributed by atoms with van der Waals surface area (Å²) in [6.07, 6.45) is 31.2. The van der Waals surface area contributed by atoms with Crippen molar-refractivity contribution in [2.24, 2.45) is 5.92 Å². The van der Waals surface area contributed by atoms with Gasteiger partial charge in [-0.3, -0.25) is 18.6 Å². The van der Waals surface area contributed by atoms with Crippen molar-refractivity contribution < 1.29 is 52.9 Å². The van der Waals surface area contributed by atoms with Crippen LogP contribution in [0.2, 0.25) is 0 Å². The summed E-state index contributed by atoms with van der Waals surface area (Å²) >= 11 is 0. The number of unbranched alkanes of at least 4 members (excludes halogenated alkanes) is 12. The lowest BCUT2D eigenvalue weighted by molar-refractivity contribution is -0.161. The molecular formula is C41H73O11P. The van der Waals surface area contributed by atoms with Crippen LogP contribution in [0.25, 0.3) is 0 Å². The summed E-state index contributed by atoms with van der Waals surface area (Å²) in [5.74, 6) is -0.297. The number of aliphatic hydroxyl groups is 3. The van der Waals surface area contributed by atoms with E-state index in [-0.39, 0.29) is 19.4 Å². The third kappa shape index (κ3) is 36.6. The molecular weight excluding hydrogens is 699 g/mol. The lowest BCUT2D eigenvalue weighted by atomic mass is 10.0. The van der Waals surface area contributed by atoms with Crippen LogP contribution in [0.3, 0.4) is 0 Å². The summed E-state index contributed by atoms with van der Waals surface area (Å²) in [6, 6.07) is 0. The van der Waals surface area contributed by atoms with Gasteiger partial charge in [0.05, 0.1) is 25.9 Å². The van der Waals surface area contributed by atoms with Gasteiger partial charge in [-0.2, -0.15) is 0 Å². The number of hydrogen-bond donors (Lipinski definition) is 4. The summed E-state index contributed by atoms with van der Waals surface area (Å²) in [7, 11) is -4.64. The third-order valence-electron chi connectivity index (χ3n) is 8.24. The van der Waals surface area contributed by atoms with Gasteiger partial charge in [-0.05, 0) is 50.9 Å². The zero-order valence-corrected chi connectivity index (χ0v) is 33.9. The molecule has 2 unspecified atom stereocenters. The molecule has 12 heteroatoms. The van der Waals surface area contributed by atoms with Crippen molar-refractivity contribution in [3.05, 3.63) is 48.6 Å². The zero-order chi connectivity index (χ0) is 39.4. The standard InChI is InChI=1S/C41H73O11P/c1-4-5-6-7-8-10-14-18-23-28-37(43)29-24-19-16-21-25-30-40(45)49-34-39(35-51-53(47,48)50-33-38(44)32-42)52-41(46)31-26-20-15-12-9-11-13-17-22-27-36(2)3/h8,10,16,18-19,23-24,29,36-39,42-44H,4-7,9,11-15,17,20-22,25-28,30-35H2,1-3H3,(H,47,48)/b10-8-,19-16+,23-18-,29-24-/t37?,38-,39+/m0/s1. The minimum Gasteiger partial charge on any atom is -0.462 e. The lowest BCUT2D eigenvalue weighted by Crippen LogP contribution is -2.29. The summed E-state index contributed by atoms with van der Waals surface area (Å²) in [5.41, 5.74) is 0. The van der Waals surface area contributed by atoms with E-state index in [0.717, 1.165) is 38.0 Å². The van der Waals surface area contributed by atoms with E-state index in [0.29, 0.717) is 25.7 Å². The van der Waals surface area contributed by atoms with Gasteiger partial charge in [0.1, 0.15) is 12.7 Å². The fourth-order valence-corrected chi connectivity index (χ4v) is 5.86. The number of phosphoric acid groups is 1. The highest BCUT2D eigenvalue weighted by molar-refractivity contribution is 7.47. The van der Waals surface area contributed by atoms with Crippen molar-refractivity contribution in [3.8, 4) is 0 Å². The second kappa shape index (κ2) is 35.6. The Hall–Kier alpha value is -2.11. The van der Waals surface area contributed by atoms with Gasteiger partial charge in [0.2, 0.25) is 0 Å². The normalized spacial score (nSPS) is 15.2. The summed E-state index contributed by atoms with van der Waals surface area (Å²) in [6.45, 7) is 4.44. The fourth-order valence-electron chi connectivity index (χ4n) is 5.07. The molecule has 0 aliphatic carbocycles. The van der Waals surface area contributed by atoms with Crippen molar-refractivity contribution in [2.75, 3.05) is 26.4 Å². The molecule has 0 aromatic heterocycles. The van der Waals surface area contributed by atoms with E-state index in [1.54, 1.807) is 12.2 Å². The van der Waals surface area contributed by atoms with Crippen LogP contribution < -0.4 is 0 Å². The van der Waals surface area contributed by atoms with Crippen LogP contribution in [-0.2, 0) is 32.7 Å². The first-order valence-electron chi connectivity index (χ1n) is 20.1. The van der Waals surface area contributed by atoms with Gasteiger partial charge in [-0.25, -0.2) is 4.57 Å². The highest BCUT2D eigenvalue weighted by Crippen LogP contribution is 2.43. The van der Waals surface area contributed by atoms with E-state index in [1.165, 1.54) is 57.8 Å². The van der Waals surface area contributed by atoms with Crippen LogP contribution in [-0.4, -0.2) is 76.9 Å². The van der Waals surface area contributed by atoms with Gasteiger partial charge in [-0.1, -0.05) is 140 Å². The van der Waals surface area contributed by atoms with Crippen molar-refractivity contribution in [2.45, 2.75) is 167 Å². The van der Waals surface area contributed by atoms with Crippen LogP contribution >= 0.6 is 7.82 Å². The average molecular weight is 773 g/mol. The van der Waals surface area contributed by atoms with Gasteiger partial charge in [0.25, 0.3) is 0 Å². The van der Waals surface area contributed by atoms with Crippen molar-refractivity contribution in [3.63, 3.8) is 0 Å². The number of esters is 2. The van der Waals surface area contributed by atoms with Gasteiger partial charge in [0, 0.05) is 12.8 Å². The molecule has 53 heavy (non-hydrogen) atoms. The van der Waals surface area contributed by atoms with E-state index < -0.39 is 57.9 Å². The van der Waals surface area contributed by atoms with Gasteiger partial charge in [0.15, 0.2) is 6.10 Å². The molecule has 0 saturated carbocycles. The number of phosphoric ester groups is 1. The number of carbonyl (C=O) groups is 2. The highest BCUT2D eigenvalue weighted by Gasteiger charge is 2.27. The Labute approximate surface area is 320 Å². The number of rotatable bonds is 36. The number of carbonyl (C=O) groups excluding carboxylic acids is 2. The van der Waals surface area contributed by atoms with Crippen LogP contribution in [0.15, 0.2) is 48.6 Å². The van der Waals surface area contributed by atoms with Gasteiger partial charge in [-0.15, -0.1) is 0 Å². The first kappa shape index (κ1) is 50.9. The minimum atomic E-state index is -4.64. The van der Waals surface area contributed by atoms with E-state index in [4.69, 9.17) is 19.1 Å². The second-order valence-corrected chi connectivity index (χ2v) is 15.4. The van der Waals surface area contributed by atoms with E-state index in [2.05, 4.69) is 37.4 Å². The molecule has 0 amide bonds. The molecule has 0 aromatic carbocycles. The van der Waals surface area contributed by atoms with Crippen LogP contribution in [0, 0.1) is 5.92 Å². The first-order valence-corrected chi connectivity index (χ1v) is 21.6. The van der Waals surface area contributed by atoms with Crippen molar-refractivity contribution in [1.82, 2.24) is 0 Å². The lowest BCUT2D eigenvalue weighted by Gasteiger charge is -2.20. The Morgan fingerprint density at radius 2 is 1.32 bits per heavy atom. The monoisotopic (exact) mass is 772 g/mol. The maximum atomic E-state index is 12.5. The Morgan fingerprint density at radius 3 is 2.00 bits per heavy atom. The molecule has 308 valence electrons. The third-order valence-corrected chi connectivity index (χ3v) is 9.20.